The first-order valence-electron chi connectivity index (χ1n) is 19.5. The number of imidazole rings is 1. The molecule has 2 atom stereocenters. The number of carbonyl (C=O) groups is 2. The molecule has 0 aliphatic carbocycles. The van der Waals surface area contributed by atoms with E-state index in [0.29, 0.717) is 50.4 Å². The zero-order valence-corrected chi connectivity index (χ0v) is 33.2. The fourth-order valence-corrected chi connectivity index (χ4v) is 9.28. The van der Waals surface area contributed by atoms with E-state index < -0.39 is 10.0 Å². The lowest BCUT2D eigenvalue weighted by atomic mass is 10.0. The first kappa shape index (κ1) is 39.1. The number of nitrogens with one attached hydrogen (secondary N) is 2. The van der Waals surface area contributed by atoms with Crippen molar-refractivity contribution in [1.29, 1.82) is 0 Å². The number of likely N-dealkylation sites (N-methyl/N-ethyl adjacent to an activating group) is 1. The zero-order valence-electron chi connectivity index (χ0n) is 32.4. The molecule has 0 radical (unpaired) electrons. The Kier molecular flexibility index (Phi) is 12.1. The number of sulfonamides is 1. The normalized spacial score (nSPS) is 17.3. The van der Waals surface area contributed by atoms with Gasteiger partial charge in [0.05, 0.1) is 23.7 Å². The molecule has 4 aromatic carbocycles. The van der Waals surface area contributed by atoms with Crippen molar-refractivity contribution in [3.8, 4) is 22.4 Å². The van der Waals surface area contributed by atoms with Gasteiger partial charge in [-0.25, -0.2) is 13.4 Å². The third kappa shape index (κ3) is 8.94. The number of H-pyrrole nitrogens is 1. The molecule has 12 heteroatoms. The van der Waals surface area contributed by atoms with Crippen LogP contribution in [0.4, 0.5) is 5.69 Å². The SMILES string of the molecule is CCCS(=O)(=O)N1CCN(Cc2ccc(NC(=O)c3ccc(-c4ccc(-c5cnc([C@@H]6CCCN6C(=O)[C@H](c6ccccc6)N(C)C)[nH]5)cc4)cc3)cc2)CC1. The number of rotatable bonds is 13. The predicted molar refractivity (Wildman–Crippen MR) is 221 cm³/mol. The second-order valence-electron chi connectivity index (χ2n) is 14.9. The van der Waals surface area contributed by atoms with Gasteiger partial charge in [-0.2, -0.15) is 4.31 Å². The number of piperazine rings is 1. The van der Waals surface area contributed by atoms with E-state index in [4.69, 9.17) is 4.98 Å². The van der Waals surface area contributed by atoms with E-state index in [0.717, 1.165) is 58.7 Å². The monoisotopic (exact) mass is 773 g/mol. The van der Waals surface area contributed by atoms with Gasteiger partial charge in [-0.15, -0.1) is 0 Å². The van der Waals surface area contributed by atoms with Crippen molar-refractivity contribution in [3.05, 3.63) is 132 Å². The summed E-state index contributed by atoms with van der Waals surface area (Å²) in [7, 11) is 0.735. The number of aromatic nitrogens is 2. The molecule has 7 rings (SSSR count). The molecule has 2 amide bonds. The van der Waals surface area contributed by atoms with Crippen molar-refractivity contribution >= 4 is 27.5 Å². The van der Waals surface area contributed by atoms with Crippen molar-refractivity contribution in [2.24, 2.45) is 0 Å². The standard InChI is InChI=1S/C44H51N7O4S/c1-4-29-56(54,55)50-27-25-49(26-28-50)31-32-12-22-38(23-13-32)46-43(52)37-20-16-34(17-21-37)33-14-18-35(19-15-33)39-30-45-42(47-39)40-11-8-24-51(40)44(53)41(48(2)3)36-9-6-5-7-10-36/h5-7,9-10,12-23,30,40-41H,4,8,11,24-29,31H2,1-3H3,(H,45,47)(H,46,52)/t40-,41-/m0/s1. The third-order valence-corrected chi connectivity index (χ3v) is 12.9. The maximum absolute atomic E-state index is 13.9. The predicted octanol–water partition coefficient (Wildman–Crippen LogP) is 6.82. The summed E-state index contributed by atoms with van der Waals surface area (Å²) in [5.74, 6) is 0.914. The van der Waals surface area contributed by atoms with Gasteiger partial charge < -0.3 is 15.2 Å². The van der Waals surface area contributed by atoms with E-state index in [-0.39, 0.29) is 29.7 Å². The lowest BCUT2D eigenvalue weighted by Crippen LogP contribution is -2.48. The second-order valence-corrected chi connectivity index (χ2v) is 17.0. The summed E-state index contributed by atoms with van der Waals surface area (Å²) in [6, 6.07) is 33.1. The maximum atomic E-state index is 13.9. The summed E-state index contributed by atoms with van der Waals surface area (Å²) in [6.07, 6.45) is 4.27. The number of likely N-dealkylation sites (tertiary alicyclic amines) is 1. The van der Waals surface area contributed by atoms with Crippen LogP contribution in [0, 0.1) is 0 Å². The Balaban J connectivity index is 0.926. The highest BCUT2D eigenvalue weighted by atomic mass is 32.2. The van der Waals surface area contributed by atoms with E-state index in [1.54, 1.807) is 4.31 Å². The number of aromatic amines is 1. The van der Waals surface area contributed by atoms with Gasteiger partial charge in [-0.1, -0.05) is 85.8 Å². The molecule has 3 heterocycles. The van der Waals surface area contributed by atoms with Crippen molar-refractivity contribution in [3.63, 3.8) is 0 Å². The van der Waals surface area contributed by atoms with Crippen molar-refractivity contribution in [1.82, 2.24) is 29.0 Å². The van der Waals surface area contributed by atoms with Gasteiger partial charge in [0.1, 0.15) is 11.9 Å². The Bertz CT molecular complexity index is 2200. The van der Waals surface area contributed by atoms with Gasteiger partial charge in [-0.3, -0.25) is 19.4 Å². The lowest BCUT2D eigenvalue weighted by Gasteiger charge is -2.34. The van der Waals surface area contributed by atoms with Crippen molar-refractivity contribution in [2.45, 2.75) is 44.8 Å². The van der Waals surface area contributed by atoms with Crippen LogP contribution in [0.3, 0.4) is 0 Å². The molecular formula is C44H51N7O4S. The Morgan fingerprint density at radius 1 is 0.839 bits per heavy atom. The topological polar surface area (TPSA) is 122 Å². The van der Waals surface area contributed by atoms with Crippen LogP contribution in [-0.4, -0.2) is 102 Å². The van der Waals surface area contributed by atoms with Crippen LogP contribution in [0.15, 0.2) is 109 Å². The third-order valence-electron chi connectivity index (χ3n) is 10.8. The molecule has 1 aromatic heterocycles. The Morgan fingerprint density at radius 3 is 2.12 bits per heavy atom. The summed E-state index contributed by atoms with van der Waals surface area (Å²) in [4.78, 5) is 41.4. The summed E-state index contributed by atoms with van der Waals surface area (Å²) in [5.41, 5.74) is 7.31. The largest absolute Gasteiger partial charge is 0.340 e. The highest BCUT2D eigenvalue weighted by Crippen LogP contribution is 2.35. The Hall–Kier alpha value is -5.14. The first-order valence-corrected chi connectivity index (χ1v) is 21.1. The van der Waals surface area contributed by atoms with Gasteiger partial charge in [0.2, 0.25) is 15.9 Å². The van der Waals surface area contributed by atoms with Crippen molar-refractivity contribution < 1.29 is 18.0 Å². The minimum atomic E-state index is -3.16. The quantitative estimate of drug-likeness (QED) is 0.135. The number of hydrogen-bond acceptors (Lipinski definition) is 7. The van der Waals surface area contributed by atoms with Crippen LogP contribution in [0.1, 0.15) is 65.6 Å². The zero-order chi connectivity index (χ0) is 39.2. The number of amides is 2. The van der Waals surface area contributed by atoms with Gasteiger partial charge in [0.15, 0.2) is 0 Å². The molecule has 0 unspecified atom stereocenters. The first-order chi connectivity index (χ1) is 27.1. The van der Waals surface area contributed by atoms with E-state index in [2.05, 4.69) is 39.5 Å². The van der Waals surface area contributed by atoms with Crippen LogP contribution < -0.4 is 5.32 Å². The van der Waals surface area contributed by atoms with E-state index in [1.165, 1.54) is 0 Å². The highest BCUT2D eigenvalue weighted by molar-refractivity contribution is 7.89. The molecule has 292 valence electrons. The van der Waals surface area contributed by atoms with Gasteiger partial charge in [0.25, 0.3) is 5.91 Å². The number of nitrogens with zero attached hydrogens (tertiary/aromatic N) is 5. The van der Waals surface area contributed by atoms with Gasteiger partial charge >= 0.3 is 0 Å². The Morgan fingerprint density at radius 2 is 1.48 bits per heavy atom. The fourth-order valence-electron chi connectivity index (χ4n) is 7.79. The summed E-state index contributed by atoms with van der Waals surface area (Å²) in [5, 5.41) is 3.00. The van der Waals surface area contributed by atoms with E-state index in [9.17, 15) is 18.0 Å². The lowest BCUT2D eigenvalue weighted by molar-refractivity contribution is -0.137. The number of hydrogen-bond donors (Lipinski definition) is 2. The molecule has 11 nitrogen and oxygen atoms in total. The second kappa shape index (κ2) is 17.3. The minimum absolute atomic E-state index is 0.0892. The summed E-state index contributed by atoms with van der Waals surface area (Å²) < 4.78 is 26.4. The van der Waals surface area contributed by atoms with Crippen LogP contribution in [0.5, 0.6) is 0 Å². The minimum Gasteiger partial charge on any atom is -0.340 e. The fraction of sp³-hybridized carbons (Fsp3) is 0.341. The van der Waals surface area contributed by atoms with Gasteiger partial charge in [0, 0.05) is 50.5 Å². The molecule has 2 saturated heterocycles. The smallest absolute Gasteiger partial charge is 0.255 e. The van der Waals surface area contributed by atoms with Crippen LogP contribution >= 0.6 is 0 Å². The summed E-state index contributed by atoms with van der Waals surface area (Å²) in [6.45, 7) is 5.76. The van der Waals surface area contributed by atoms with Crippen molar-refractivity contribution in [2.75, 3.05) is 57.9 Å². The van der Waals surface area contributed by atoms with Crippen LogP contribution in [0.25, 0.3) is 22.4 Å². The molecule has 2 aliphatic rings. The average molecular weight is 774 g/mol. The molecule has 0 saturated carbocycles. The molecule has 2 fully saturated rings. The summed E-state index contributed by atoms with van der Waals surface area (Å²) >= 11 is 0. The molecule has 2 aliphatic heterocycles. The number of anilines is 1. The van der Waals surface area contributed by atoms with Gasteiger partial charge in [-0.05, 0) is 85.4 Å². The maximum Gasteiger partial charge on any atom is 0.255 e. The molecule has 0 bridgehead atoms. The van der Waals surface area contributed by atoms with Crippen LogP contribution in [-0.2, 0) is 21.4 Å². The highest BCUT2D eigenvalue weighted by Gasteiger charge is 2.37. The molecular weight excluding hydrogens is 723 g/mol. The Labute approximate surface area is 330 Å². The molecule has 56 heavy (non-hydrogen) atoms. The molecule has 0 spiro atoms. The molecule has 5 aromatic rings. The molecule has 2 N–H and O–H groups in total. The van der Waals surface area contributed by atoms with E-state index >= 15 is 0 Å². The number of benzene rings is 4. The average Bonchev–Trinajstić information content (AvgIpc) is 3.90. The number of carbonyl (C=O) groups excluding carboxylic acids is 2. The van der Waals surface area contributed by atoms with E-state index in [1.807, 2.05) is 116 Å². The van der Waals surface area contributed by atoms with Crippen LogP contribution in [0.2, 0.25) is 0 Å².